The van der Waals surface area contributed by atoms with Gasteiger partial charge >= 0.3 is 0 Å². The Morgan fingerprint density at radius 3 is 2.73 bits per heavy atom. The summed E-state index contributed by atoms with van der Waals surface area (Å²) < 4.78 is 0. The highest BCUT2D eigenvalue weighted by Crippen LogP contribution is 2.02. The van der Waals surface area contributed by atoms with Gasteiger partial charge in [0.15, 0.2) is 0 Å². The summed E-state index contributed by atoms with van der Waals surface area (Å²) in [5, 5.41) is 8.94. The van der Waals surface area contributed by atoms with Crippen LogP contribution in [0.1, 0.15) is 20.3 Å². The van der Waals surface area contributed by atoms with E-state index >= 15 is 0 Å². The van der Waals surface area contributed by atoms with Crippen molar-refractivity contribution in [3.05, 3.63) is 36.6 Å². The predicted octanol–water partition coefficient (Wildman–Crippen LogP) is 3.22. The molecule has 0 bridgehead atoms. The summed E-state index contributed by atoms with van der Waals surface area (Å²) in [6.45, 7) is 7.69. The fourth-order valence-corrected chi connectivity index (χ4v) is 0.548. The van der Waals surface area contributed by atoms with Crippen LogP contribution in [0.3, 0.4) is 0 Å². The molecule has 1 nitrogen and oxygen atoms in total. The van der Waals surface area contributed by atoms with Crippen molar-refractivity contribution in [1.82, 2.24) is 0 Å². The SMILES string of the molecule is C=C/C(O)=C\C=C\C(C)CC. The topological polar surface area (TPSA) is 20.2 Å². The Balaban J connectivity index is 3.84. The fraction of sp³-hybridized carbons (Fsp3) is 0.400. The van der Waals surface area contributed by atoms with Crippen LogP contribution in [0.15, 0.2) is 36.6 Å². The van der Waals surface area contributed by atoms with E-state index in [-0.39, 0.29) is 5.76 Å². The van der Waals surface area contributed by atoms with Gasteiger partial charge in [-0.2, -0.15) is 0 Å². The molecule has 0 fully saturated rings. The molecule has 0 aromatic rings. The smallest absolute Gasteiger partial charge is 0.114 e. The van der Waals surface area contributed by atoms with Crippen LogP contribution in [0.4, 0.5) is 0 Å². The third kappa shape index (κ3) is 5.46. The summed E-state index contributed by atoms with van der Waals surface area (Å²) >= 11 is 0. The van der Waals surface area contributed by atoms with Crippen molar-refractivity contribution in [3.8, 4) is 0 Å². The maximum atomic E-state index is 8.94. The second kappa shape index (κ2) is 5.78. The molecule has 1 N–H and O–H groups in total. The molecule has 0 heterocycles. The fourth-order valence-electron chi connectivity index (χ4n) is 0.548. The molecule has 0 aromatic heterocycles. The minimum absolute atomic E-state index is 0.213. The van der Waals surface area contributed by atoms with Gasteiger partial charge in [-0.15, -0.1) is 0 Å². The van der Waals surface area contributed by atoms with E-state index in [0.29, 0.717) is 5.92 Å². The van der Waals surface area contributed by atoms with Crippen molar-refractivity contribution in [2.75, 3.05) is 0 Å². The first kappa shape index (κ1) is 10.0. The van der Waals surface area contributed by atoms with Crippen molar-refractivity contribution >= 4 is 0 Å². The highest BCUT2D eigenvalue weighted by atomic mass is 16.3. The lowest BCUT2D eigenvalue weighted by molar-refractivity contribution is 0.433. The second-order valence-electron chi connectivity index (χ2n) is 2.57. The second-order valence-corrected chi connectivity index (χ2v) is 2.57. The molecule has 11 heavy (non-hydrogen) atoms. The molecule has 0 saturated carbocycles. The molecule has 0 aliphatic carbocycles. The van der Waals surface area contributed by atoms with Crippen LogP contribution in [0.2, 0.25) is 0 Å². The summed E-state index contributed by atoms with van der Waals surface area (Å²) in [5.41, 5.74) is 0. The van der Waals surface area contributed by atoms with Gasteiger partial charge in [0, 0.05) is 0 Å². The quantitative estimate of drug-likeness (QED) is 0.484. The zero-order chi connectivity index (χ0) is 8.69. The Bertz CT molecular complexity index is 166. The van der Waals surface area contributed by atoms with Gasteiger partial charge in [0.25, 0.3) is 0 Å². The molecule has 0 rings (SSSR count). The Morgan fingerprint density at radius 1 is 1.64 bits per heavy atom. The largest absolute Gasteiger partial charge is 0.508 e. The van der Waals surface area contributed by atoms with Crippen LogP contribution < -0.4 is 0 Å². The monoisotopic (exact) mass is 152 g/mol. The molecular formula is C10H16O. The van der Waals surface area contributed by atoms with Crippen LogP contribution in [0.25, 0.3) is 0 Å². The van der Waals surface area contributed by atoms with Crippen molar-refractivity contribution in [2.45, 2.75) is 20.3 Å². The highest BCUT2D eigenvalue weighted by molar-refractivity contribution is 5.15. The first-order valence-electron chi connectivity index (χ1n) is 3.90. The van der Waals surface area contributed by atoms with Crippen LogP contribution in [-0.4, -0.2) is 5.11 Å². The highest BCUT2D eigenvalue weighted by Gasteiger charge is 1.88. The predicted molar refractivity (Wildman–Crippen MR) is 49.5 cm³/mol. The van der Waals surface area contributed by atoms with Gasteiger partial charge in [-0.3, -0.25) is 0 Å². The average Bonchev–Trinajstić information content (AvgIpc) is 2.04. The minimum atomic E-state index is 0.213. The lowest BCUT2D eigenvalue weighted by atomic mass is 10.1. The van der Waals surface area contributed by atoms with Gasteiger partial charge in [-0.25, -0.2) is 0 Å². The Hall–Kier alpha value is -0.980. The van der Waals surface area contributed by atoms with E-state index in [1.54, 1.807) is 6.08 Å². The molecule has 0 saturated heterocycles. The normalized spacial score (nSPS) is 15.3. The Labute approximate surface area is 68.7 Å². The Kier molecular flexibility index (Phi) is 5.26. The first-order valence-corrected chi connectivity index (χ1v) is 3.90. The molecule has 0 amide bonds. The van der Waals surface area contributed by atoms with E-state index < -0.39 is 0 Å². The van der Waals surface area contributed by atoms with Crippen molar-refractivity contribution in [1.29, 1.82) is 0 Å². The van der Waals surface area contributed by atoms with Crippen LogP contribution in [0.5, 0.6) is 0 Å². The van der Waals surface area contributed by atoms with E-state index in [1.807, 2.05) is 6.08 Å². The molecule has 0 aromatic carbocycles. The molecule has 1 heteroatoms. The van der Waals surface area contributed by atoms with Gasteiger partial charge in [0.1, 0.15) is 5.76 Å². The number of hydrogen-bond acceptors (Lipinski definition) is 1. The lowest BCUT2D eigenvalue weighted by Crippen LogP contribution is -1.83. The zero-order valence-corrected chi connectivity index (χ0v) is 7.25. The van der Waals surface area contributed by atoms with Crippen LogP contribution >= 0.6 is 0 Å². The minimum Gasteiger partial charge on any atom is -0.508 e. The molecule has 0 aliphatic heterocycles. The molecule has 62 valence electrons. The summed E-state index contributed by atoms with van der Waals surface area (Å²) in [4.78, 5) is 0. The number of aliphatic hydroxyl groups is 1. The number of allylic oxidation sites excluding steroid dienone is 4. The molecule has 0 spiro atoms. The van der Waals surface area contributed by atoms with Gasteiger partial charge in [-0.1, -0.05) is 39.0 Å². The van der Waals surface area contributed by atoms with Crippen molar-refractivity contribution in [3.63, 3.8) is 0 Å². The van der Waals surface area contributed by atoms with Gasteiger partial charge in [0.05, 0.1) is 0 Å². The number of hydrogen-bond donors (Lipinski definition) is 1. The maximum absolute atomic E-state index is 8.94. The molecular weight excluding hydrogens is 136 g/mol. The van der Waals surface area contributed by atoms with Crippen LogP contribution in [0, 0.1) is 5.92 Å². The molecule has 1 atom stereocenters. The van der Waals surface area contributed by atoms with E-state index in [1.165, 1.54) is 6.08 Å². The summed E-state index contributed by atoms with van der Waals surface area (Å²) in [6, 6.07) is 0. The standard InChI is InChI=1S/C10H16O/c1-4-9(3)7-6-8-10(11)5-2/h5-9,11H,2,4H2,1,3H3/b7-6+,10-8+. The number of aliphatic hydroxyl groups excluding tert-OH is 1. The first-order chi connectivity index (χ1) is 5.20. The van der Waals surface area contributed by atoms with Gasteiger partial charge in [0.2, 0.25) is 0 Å². The van der Waals surface area contributed by atoms with Crippen molar-refractivity contribution in [2.24, 2.45) is 5.92 Å². The van der Waals surface area contributed by atoms with E-state index in [9.17, 15) is 0 Å². The summed E-state index contributed by atoms with van der Waals surface area (Å²) in [5.74, 6) is 0.786. The number of rotatable bonds is 4. The zero-order valence-electron chi connectivity index (χ0n) is 7.25. The third-order valence-corrected chi connectivity index (χ3v) is 1.56. The Morgan fingerprint density at radius 2 is 2.27 bits per heavy atom. The van der Waals surface area contributed by atoms with E-state index in [0.717, 1.165) is 6.42 Å². The average molecular weight is 152 g/mol. The third-order valence-electron chi connectivity index (χ3n) is 1.56. The molecule has 1 unspecified atom stereocenters. The maximum Gasteiger partial charge on any atom is 0.114 e. The molecule has 0 aliphatic rings. The lowest BCUT2D eigenvalue weighted by Gasteiger charge is -1.96. The van der Waals surface area contributed by atoms with Gasteiger partial charge < -0.3 is 5.11 Å². The van der Waals surface area contributed by atoms with Crippen molar-refractivity contribution < 1.29 is 5.11 Å². The summed E-state index contributed by atoms with van der Waals surface area (Å²) in [6.07, 6.45) is 8.09. The van der Waals surface area contributed by atoms with Crippen LogP contribution in [-0.2, 0) is 0 Å². The van der Waals surface area contributed by atoms with Gasteiger partial charge in [-0.05, 0) is 18.1 Å². The molecule has 0 radical (unpaired) electrons. The van der Waals surface area contributed by atoms with E-state index in [4.69, 9.17) is 5.11 Å². The summed E-state index contributed by atoms with van der Waals surface area (Å²) in [7, 11) is 0. The van der Waals surface area contributed by atoms with E-state index in [2.05, 4.69) is 26.5 Å².